The maximum atomic E-state index is 16.1. The van der Waals surface area contributed by atoms with Crippen molar-refractivity contribution in [1.29, 1.82) is 5.26 Å². The standard InChI is InChI=1S/C35H34F3N7O2/c1-21-6-3-7-23-8-4-9-26(29(21)23)30-28(38)16-27-31(40-30)41-34(47-20-35-11-5-13-44(35)18-24(37)17-35)42-32(27)43-14-15-45(33(46)22(2)36)25(19-43)10-12-39/h3-4,6-9,16,24-25H,2,5,10-11,13-15,17-20H2,1H3/t24-,25+,35+/m1/s1. The summed E-state index contributed by atoms with van der Waals surface area (Å²) in [5.41, 5.74) is 1.48. The highest BCUT2D eigenvalue weighted by molar-refractivity contribution is 5.99. The molecule has 0 saturated carbocycles. The van der Waals surface area contributed by atoms with Crippen LogP contribution in [0.3, 0.4) is 0 Å². The molecule has 5 heterocycles. The zero-order chi connectivity index (χ0) is 32.9. The van der Waals surface area contributed by atoms with Crippen molar-refractivity contribution < 1.29 is 22.7 Å². The van der Waals surface area contributed by atoms with Crippen LogP contribution < -0.4 is 9.64 Å². The van der Waals surface area contributed by atoms with Gasteiger partial charge in [-0.25, -0.2) is 18.2 Å². The Balaban J connectivity index is 1.32. The zero-order valence-electron chi connectivity index (χ0n) is 26.1. The van der Waals surface area contributed by atoms with E-state index in [1.807, 2.05) is 48.2 Å². The topological polar surface area (TPSA) is 98.5 Å². The van der Waals surface area contributed by atoms with E-state index in [2.05, 4.69) is 22.5 Å². The molecule has 12 heteroatoms. The number of aromatic nitrogens is 3. The van der Waals surface area contributed by atoms with Gasteiger partial charge in [-0.15, -0.1) is 0 Å². The van der Waals surface area contributed by atoms with E-state index >= 15 is 4.39 Å². The average Bonchev–Trinajstić information content (AvgIpc) is 3.58. The van der Waals surface area contributed by atoms with E-state index in [4.69, 9.17) is 14.7 Å². The zero-order valence-corrected chi connectivity index (χ0v) is 26.1. The first-order valence-electron chi connectivity index (χ1n) is 15.8. The van der Waals surface area contributed by atoms with Gasteiger partial charge in [0.1, 0.15) is 30.1 Å². The van der Waals surface area contributed by atoms with Gasteiger partial charge in [-0.05, 0) is 48.7 Å². The van der Waals surface area contributed by atoms with Crippen LogP contribution in [-0.4, -0.2) is 87.7 Å². The summed E-state index contributed by atoms with van der Waals surface area (Å²) >= 11 is 0. The Morgan fingerprint density at radius 3 is 2.74 bits per heavy atom. The van der Waals surface area contributed by atoms with E-state index in [1.54, 1.807) is 0 Å². The van der Waals surface area contributed by atoms with Crippen LogP contribution in [0.1, 0.15) is 31.2 Å². The third kappa shape index (κ3) is 5.52. The number of nitrogens with zero attached hydrogens (tertiary/aromatic N) is 7. The van der Waals surface area contributed by atoms with E-state index in [1.165, 1.54) is 11.0 Å². The lowest BCUT2D eigenvalue weighted by Gasteiger charge is -2.41. The molecule has 3 saturated heterocycles. The number of nitriles is 1. The predicted octanol–water partition coefficient (Wildman–Crippen LogP) is 5.66. The summed E-state index contributed by atoms with van der Waals surface area (Å²) in [5, 5.41) is 11.7. The van der Waals surface area contributed by atoms with Gasteiger partial charge in [0.2, 0.25) is 0 Å². The number of carbonyl (C=O) groups excluding carboxylic acids is 1. The summed E-state index contributed by atoms with van der Waals surface area (Å²) in [5.74, 6) is -2.22. The molecule has 0 N–H and O–H groups in total. The van der Waals surface area contributed by atoms with Crippen LogP contribution in [0.4, 0.5) is 19.0 Å². The fraction of sp³-hybridized carbons (Fsp3) is 0.400. The Morgan fingerprint density at radius 1 is 1.15 bits per heavy atom. The Kier molecular flexibility index (Phi) is 7.96. The molecule has 47 heavy (non-hydrogen) atoms. The predicted molar refractivity (Wildman–Crippen MR) is 172 cm³/mol. The van der Waals surface area contributed by atoms with E-state index in [9.17, 15) is 18.8 Å². The molecule has 0 radical (unpaired) electrons. The first kappa shape index (κ1) is 30.9. The van der Waals surface area contributed by atoms with Crippen LogP contribution in [-0.2, 0) is 4.79 Å². The lowest BCUT2D eigenvalue weighted by atomic mass is 9.95. The van der Waals surface area contributed by atoms with Crippen LogP contribution in [0, 0.1) is 24.1 Å². The number of halogens is 3. The number of pyridine rings is 1. The molecule has 0 unspecified atom stereocenters. The molecule has 242 valence electrons. The number of hydrogen-bond donors (Lipinski definition) is 0. The molecular weight excluding hydrogens is 607 g/mol. The number of fused-ring (bicyclic) bond motifs is 3. The van der Waals surface area contributed by atoms with Gasteiger partial charge in [-0.1, -0.05) is 43.0 Å². The third-order valence-corrected chi connectivity index (χ3v) is 9.80. The van der Waals surface area contributed by atoms with Crippen LogP contribution in [0.2, 0.25) is 0 Å². The van der Waals surface area contributed by atoms with Gasteiger partial charge < -0.3 is 14.5 Å². The lowest BCUT2D eigenvalue weighted by molar-refractivity contribution is -0.131. The van der Waals surface area contributed by atoms with Gasteiger partial charge in [0.25, 0.3) is 5.91 Å². The molecule has 3 aliphatic heterocycles. The molecule has 1 amide bonds. The number of ether oxygens (including phenoxy) is 1. The largest absolute Gasteiger partial charge is 0.461 e. The molecule has 3 atom stereocenters. The normalized spacial score (nSPS) is 22.9. The van der Waals surface area contributed by atoms with Gasteiger partial charge in [-0.3, -0.25) is 9.69 Å². The van der Waals surface area contributed by atoms with Crippen LogP contribution in [0.15, 0.2) is 54.9 Å². The first-order chi connectivity index (χ1) is 22.7. The summed E-state index contributed by atoms with van der Waals surface area (Å²) in [7, 11) is 0. The minimum absolute atomic E-state index is 0.0164. The van der Waals surface area contributed by atoms with Gasteiger partial charge in [0.05, 0.1) is 29.5 Å². The van der Waals surface area contributed by atoms with E-state index in [0.29, 0.717) is 29.7 Å². The molecule has 7 rings (SSSR count). The van der Waals surface area contributed by atoms with Crippen LogP contribution in [0.5, 0.6) is 6.01 Å². The van der Waals surface area contributed by atoms with Gasteiger partial charge in [0.15, 0.2) is 11.5 Å². The quantitative estimate of drug-likeness (QED) is 0.239. The van der Waals surface area contributed by atoms with Gasteiger partial charge in [-0.2, -0.15) is 15.2 Å². The van der Waals surface area contributed by atoms with Crippen molar-refractivity contribution in [2.24, 2.45) is 0 Å². The molecule has 3 fully saturated rings. The summed E-state index contributed by atoms with van der Waals surface area (Å²) in [4.78, 5) is 31.9. The minimum atomic E-state index is -1.10. The smallest absolute Gasteiger partial charge is 0.320 e. The highest BCUT2D eigenvalue weighted by Gasteiger charge is 2.49. The lowest BCUT2D eigenvalue weighted by Crippen LogP contribution is -2.55. The number of anilines is 1. The Morgan fingerprint density at radius 2 is 1.96 bits per heavy atom. The number of rotatable bonds is 7. The van der Waals surface area contributed by atoms with Crippen molar-refractivity contribution in [3.63, 3.8) is 0 Å². The average molecular weight is 642 g/mol. The maximum absolute atomic E-state index is 16.1. The minimum Gasteiger partial charge on any atom is -0.461 e. The number of amides is 1. The second-order valence-corrected chi connectivity index (χ2v) is 12.7. The van der Waals surface area contributed by atoms with E-state index in [0.717, 1.165) is 35.7 Å². The SMILES string of the molecule is C=C(F)C(=O)N1CCN(c2nc(OC[C@@]34CCCN3C[C@H](F)C4)nc3nc(-c4cccc5cccc(C)c45)c(F)cc23)C[C@@H]1CC#N. The summed E-state index contributed by atoms with van der Waals surface area (Å²) < 4.78 is 50.7. The maximum Gasteiger partial charge on any atom is 0.320 e. The highest BCUT2D eigenvalue weighted by atomic mass is 19.1. The summed E-state index contributed by atoms with van der Waals surface area (Å²) in [6.45, 7) is 6.91. The third-order valence-electron chi connectivity index (χ3n) is 9.80. The molecule has 2 aromatic heterocycles. The molecule has 3 aliphatic rings. The summed E-state index contributed by atoms with van der Waals surface area (Å²) in [6.07, 6.45) is 1.13. The van der Waals surface area contributed by atoms with Crippen molar-refractivity contribution >= 4 is 33.5 Å². The van der Waals surface area contributed by atoms with Crippen molar-refractivity contribution in [3.8, 4) is 23.3 Å². The number of hydrogen-bond acceptors (Lipinski definition) is 8. The number of carbonyl (C=O) groups is 1. The second kappa shape index (κ2) is 12.1. The van der Waals surface area contributed by atoms with Gasteiger partial charge >= 0.3 is 6.01 Å². The number of alkyl halides is 1. The number of benzene rings is 2. The molecule has 0 bridgehead atoms. The highest BCUT2D eigenvalue weighted by Crippen LogP contribution is 2.41. The number of piperazine rings is 1. The Labute approximate surface area is 270 Å². The monoisotopic (exact) mass is 641 g/mol. The van der Waals surface area contributed by atoms with Crippen LogP contribution in [0.25, 0.3) is 33.1 Å². The molecule has 4 aromatic rings. The van der Waals surface area contributed by atoms with E-state index in [-0.39, 0.29) is 50.0 Å². The molecule has 0 spiro atoms. The Hall–Kier alpha value is -4.76. The molecule has 0 aliphatic carbocycles. The molecule has 2 aromatic carbocycles. The second-order valence-electron chi connectivity index (χ2n) is 12.7. The fourth-order valence-corrected chi connectivity index (χ4v) is 7.61. The fourth-order valence-electron chi connectivity index (χ4n) is 7.61. The summed E-state index contributed by atoms with van der Waals surface area (Å²) in [6, 6.07) is 14.3. The Bertz CT molecular complexity index is 1940. The first-order valence-corrected chi connectivity index (χ1v) is 15.8. The van der Waals surface area contributed by atoms with Gasteiger partial charge in [0, 0.05) is 38.2 Å². The number of aryl methyl sites for hydroxylation is 1. The molecule has 9 nitrogen and oxygen atoms in total. The van der Waals surface area contributed by atoms with Crippen molar-refractivity contribution in [1.82, 2.24) is 24.8 Å². The van der Waals surface area contributed by atoms with Crippen molar-refractivity contribution in [2.75, 3.05) is 44.2 Å². The van der Waals surface area contributed by atoms with Crippen LogP contribution >= 0.6 is 0 Å². The van der Waals surface area contributed by atoms with Crippen molar-refractivity contribution in [3.05, 3.63) is 66.3 Å². The van der Waals surface area contributed by atoms with E-state index < -0.39 is 35.3 Å². The molecular formula is C35H34F3N7O2. The van der Waals surface area contributed by atoms with Crippen molar-refractivity contribution in [2.45, 2.75) is 50.4 Å².